The first-order chi connectivity index (χ1) is 7.89. The van der Waals surface area contributed by atoms with Crippen molar-refractivity contribution in [1.29, 1.82) is 0 Å². The SMILES string of the molecule is CC(C)(C)S(=O)CCNC(=O)CNCC1CC1.Cl. The number of hydrogen-bond donors (Lipinski definition) is 2. The smallest absolute Gasteiger partial charge is 0.233 e. The van der Waals surface area contributed by atoms with E-state index in [1.54, 1.807) is 0 Å². The molecule has 0 aromatic rings. The molecule has 1 aliphatic carbocycles. The van der Waals surface area contributed by atoms with Crippen LogP contribution < -0.4 is 10.6 Å². The molecule has 1 aliphatic rings. The molecule has 0 radical (unpaired) electrons. The Hall–Kier alpha value is -0.130. The molecular weight excluding hydrogens is 272 g/mol. The predicted molar refractivity (Wildman–Crippen MR) is 78.6 cm³/mol. The fraction of sp³-hybridized carbons (Fsp3) is 0.917. The van der Waals surface area contributed by atoms with Gasteiger partial charge in [-0.15, -0.1) is 12.4 Å². The number of rotatable bonds is 7. The quantitative estimate of drug-likeness (QED) is 0.739. The van der Waals surface area contributed by atoms with Crippen LogP contribution in [0.1, 0.15) is 33.6 Å². The van der Waals surface area contributed by atoms with E-state index in [4.69, 9.17) is 0 Å². The summed E-state index contributed by atoms with van der Waals surface area (Å²) >= 11 is 0. The van der Waals surface area contributed by atoms with E-state index in [1.165, 1.54) is 12.8 Å². The molecule has 1 saturated carbocycles. The normalized spacial score (nSPS) is 16.8. The first kappa shape index (κ1) is 17.9. The highest BCUT2D eigenvalue weighted by atomic mass is 35.5. The molecule has 1 unspecified atom stereocenters. The molecular formula is C12H25ClN2O2S. The van der Waals surface area contributed by atoms with E-state index in [2.05, 4.69) is 10.6 Å². The molecule has 18 heavy (non-hydrogen) atoms. The highest BCUT2D eigenvalue weighted by Gasteiger charge is 2.21. The van der Waals surface area contributed by atoms with Gasteiger partial charge < -0.3 is 10.6 Å². The summed E-state index contributed by atoms with van der Waals surface area (Å²) < 4.78 is 11.5. The summed E-state index contributed by atoms with van der Waals surface area (Å²) in [5, 5.41) is 5.91. The zero-order valence-electron chi connectivity index (χ0n) is 11.5. The first-order valence-electron chi connectivity index (χ1n) is 6.25. The van der Waals surface area contributed by atoms with Crippen LogP contribution in [0.5, 0.6) is 0 Å². The van der Waals surface area contributed by atoms with Crippen LogP contribution in [-0.4, -0.2) is 40.3 Å². The van der Waals surface area contributed by atoms with Gasteiger partial charge in [0, 0.05) is 27.8 Å². The standard InChI is InChI=1S/C12H24N2O2S.ClH/c1-12(2,3)17(16)7-6-14-11(15)9-13-8-10-4-5-10;/h10,13H,4-9H2,1-3H3,(H,14,15);1H. The van der Waals surface area contributed by atoms with Crippen LogP contribution in [0, 0.1) is 5.92 Å². The Morgan fingerprint density at radius 1 is 1.33 bits per heavy atom. The Morgan fingerprint density at radius 2 is 1.94 bits per heavy atom. The number of nitrogens with one attached hydrogen (secondary N) is 2. The molecule has 108 valence electrons. The fourth-order valence-electron chi connectivity index (χ4n) is 1.36. The van der Waals surface area contributed by atoms with Crippen LogP contribution in [0.3, 0.4) is 0 Å². The molecule has 1 rings (SSSR count). The van der Waals surface area contributed by atoms with Gasteiger partial charge >= 0.3 is 0 Å². The van der Waals surface area contributed by atoms with Crippen molar-refractivity contribution in [1.82, 2.24) is 10.6 Å². The van der Waals surface area contributed by atoms with Crippen molar-refractivity contribution in [3.63, 3.8) is 0 Å². The van der Waals surface area contributed by atoms with Gasteiger partial charge in [0.05, 0.1) is 6.54 Å². The summed E-state index contributed by atoms with van der Waals surface area (Å²) in [6.45, 7) is 7.65. The monoisotopic (exact) mass is 296 g/mol. The fourth-order valence-corrected chi connectivity index (χ4v) is 2.26. The molecule has 1 fully saturated rings. The zero-order chi connectivity index (χ0) is 12.9. The van der Waals surface area contributed by atoms with E-state index >= 15 is 0 Å². The summed E-state index contributed by atoms with van der Waals surface area (Å²) in [7, 11) is -0.892. The number of carbonyl (C=O) groups is 1. The minimum Gasteiger partial charge on any atom is -0.354 e. The van der Waals surface area contributed by atoms with Gasteiger partial charge in [0.15, 0.2) is 0 Å². The lowest BCUT2D eigenvalue weighted by atomic mass is 10.3. The summed E-state index contributed by atoms with van der Waals surface area (Å²) in [6, 6.07) is 0. The summed E-state index contributed by atoms with van der Waals surface area (Å²) in [4.78, 5) is 11.4. The van der Waals surface area contributed by atoms with Gasteiger partial charge in [-0.05, 0) is 46.1 Å². The van der Waals surface area contributed by atoms with Gasteiger partial charge in [-0.3, -0.25) is 9.00 Å². The van der Waals surface area contributed by atoms with Crippen molar-refractivity contribution in [3.05, 3.63) is 0 Å². The number of carbonyl (C=O) groups excluding carboxylic acids is 1. The van der Waals surface area contributed by atoms with Crippen LogP contribution in [0.2, 0.25) is 0 Å². The van der Waals surface area contributed by atoms with E-state index in [9.17, 15) is 9.00 Å². The second-order valence-corrected chi connectivity index (χ2v) is 7.91. The Bertz CT molecular complexity index is 288. The van der Waals surface area contributed by atoms with E-state index in [1.807, 2.05) is 20.8 Å². The molecule has 0 spiro atoms. The predicted octanol–water partition coefficient (Wildman–Crippen LogP) is 1.07. The van der Waals surface area contributed by atoms with Crippen molar-refractivity contribution in [2.75, 3.05) is 25.4 Å². The van der Waals surface area contributed by atoms with E-state index in [0.29, 0.717) is 18.8 Å². The van der Waals surface area contributed by atoms with Gasteiger partial charge in [0.2, 0.25) is 5.91 Å². The largest absolute Gasteiger partial charge is 0.354 e. The van der Waals surface area contributed by atoms with E-state index in [-0.39, 0.29) is 23.1 Å². The van der Waals surface area contributed by atoms with E-state index in [0.717, 1.165) is 12.5 Å². The molecule has 0 bridgehead atoms. The third kappa shape index (κ3) is 8.06. The topological polar surface area (TPSA) is 58.2 Å². The summed E-state index contributed by atoms with van der Waals surface area (Å²) in [6.07, 6.45) is 2.58. The Labute approximate surface area is 119 Å². The lowest BCUT2D eigenvalue weighted by molar-refractivity contribution is -0.120. The average Bonchev–Trinajstić information content (AvgIpc) is 3.00. The van der Waals surface area contributed by atoms with Gasteiger partial charge in [0.1, 0.15) is 0 Å². The Morgan fingerprint density at radius 3 is 2.44 bits per heavy atom. The van der Waals surface area contributed by atoms with Gasteiger partial charge in [-0.1, -0.05) is 0 Å². The summed E-state index contributed by atoms with van der Waals surface area (Å²) in [5.41, 5.74) is 0. The first-order valence-corrected chi connectivity index (χ1v) is 7.57. The van der Waals surface area contributed by atoms with Crippen molar-refractivity contribution in [2.45, 2.75) is 38.4 Å². The van der Waals surface area contributed by atoms with Crippen molar-refractivity contribution in [3.8, 4) is 0 Å². The molecule has 1 amide bonds. The van der Waals surface area contributed by atoms with Crippen LogP contribution in [0.25, 0.3) is 0 Å². The van der Waals surface area contributed by atoms with Crippen molar-refractivity contribution < 1.29 is 9.00 Å². The molecule has 0 aromatic carbocycles. The van der Waals surface area contributed by atoms with Gasteiger partial charge in [-0.25, -0.2) is 0 Å². The molecule has 4 nitrogen and oxygen atoms in total. The molecule has 0 aromatic heterocycles. The highest BCUT2D eigenvalue weighted by molar-refractivity contribution is 7.86. The molecule has 1 atom stereocenters. The zero-order valence-corrected chi connectivity index (χ0v) is 13.1. The third-order valence-electron chi connectivity index (χ3n) is 2.71. The van der Waals surface area contributed by atoms with Gasteiger partial charge in [0.25, 0.3) is 0 Å². The maximum Gasteiger partial charge on any atom is 0.233 e. The number of halogens is 1. The third-order valence-corrected chi connectivity index (χ3v) is 4.65. The van der Waals surface area contributed by atoms with Crippen LogP contribution >= 0.6 is 12.4 Å². The van der Waals surface area contributed by atoms with Crippen LogP contribution in [0.4, 0.5) is 0 Å². The Balaban J connectivity index is 0.00000289. The lowest BCUT2D eigenvalue weighted by Crippen LogP contribution is -2.38. The molecule has 6 heteroatoms. The second kappa shape index (κ2) is 8.12. The van der Waals surface area contributed by atoms with Crippen LogP contribution in [0.15, 0.2) is 0 Å². The minimum absolute atomic E-state index is 0. The summed E-state index contributed by atoms with van der Waals surface area (Å²) in [5.74, 6) is 1.31. The number of amides is 1. The van der Waals surface area contributed by atoms with Crippen molar-refractivity contribution >= 4 is 29.1 Å². The average molecular weight is 297 g/mol. The van der Waals surface area contributed by atoms with Gasteiger partial charge in [-0.2, -0.15) is 0 Å². The molecule has 0 aliphatic heterocycles. The number of hydrogen-bond acceptors (Lipinski definition) is 3. The molecule has 2 N–H and O–H groups in total. The van der Waals surface area contributed by atoms with E-state index < -0.39 is 10.8 Å². The van der Waals surface area contributed by atoms with Crippen molar-refractivity contribution in [2.24, 2.45) is 5.92 Å². The maximum atomic E-state index is 11.7. The maximum absolute atomic E-state index is 11.7. The Kier molecular flexibility index (Phi) is 8.06. The molecule has 0 saturated heterocycles. The van der Waals surface area contributed by atoms with Crippen LogP contribution in [-0.2, 0) is 15.6 Å². The molecule has 0 heterocycles. The highest BCUT2D eigenvalue weighted by Crippen LogP contribution is 2.27. The second-order valence-electron chi connectivity index (χ2n) is 5.59. The lowest BCUT2D eigenvalue weighted by Gasteiger charge is -2.17. The minimum atomic E-state index is -0.892.